The summed E-state index contributed by atoms with van der Waals surface area (Å²) in [4.78, 5) is 2.76. The van der Waals surface area contributed by atoms with E-state index in [1.54, 1.807) is 0 Å². The molecule has 1 aliphatic carbocycles. The lowest BCUT2D eigenvalue weighted by atomic mass is 9.97. The third-order valence-corrected chi connectivity index (χ3v) is 5.23. The van der Waals surface area contributed by atoms with E-state index in [1.807, 2.05) is 0 Å². The largest absolute Gasteiger partial charge is 0.313 e. The first kappa shape index (κ1) is 15.1. The summed E-state index contributed by atoms with van der Waals surface area (Å²) in [7, 11) is 0. The maximum Gasteiger partial charge on any atom is 0.0326 e. The highest BCUT2D eigenvalue weighted by molar-refractivity contribution is 5.32. The van der Waals surface area contributed by atoms with Gasteiger partial charge in [-0.05, 0) is 64.1 Å². The topological polar surface area (TPSA) is 15.3 Å². The number of hydrogen-bond donors (Lipinski definition) is 1. The van der Waals surface area contributed by atoms with Crippen molar-refractivity contribution in [1.82, 2.24) is 10.2 Å². The van der Waals surface area contributed by atoms with E-state index < -0.39 is 0 Å². The second-order valence-electron chi connectivity index (χ2n) is 7.11. The van der Waals surface area contributed by atoms with Crippen LogP contribution in [0.2, 0.25) is 0 Å². The van der Waals surface area contributed by atoms with Gasteiger partial charge in [-0.15, -0.1) is 0 Å². The summed E-state index contributed by atoms with van der Waals surface area (Å²) in [5.41, 5.74) is 4.34. The van der Waals surface area contributed by atoms with Crippen molar-refractivity contribution < 1.29 is 0 Å². The second-order valence-corrected chi connectivity index (χ2v) is 7.11. The van der Waals surface area contributed by atoms with E-state index in [0.29, 0.717) is 12.1 Å². The minimum Gasteiger partial charge on any atom is -0.313 e. The van der Waals surface area contributed by atoms with Crippen LogP contribution in [0.3, 0.4) is 0 Å². The molecule has 3 rings (SSSR count). The van der Waals surface area contributed by atoms with Crippen LogP contribution in [0.4, 0.5) is 0 Å². The summed E-state index contributed by atoms with van der Waals surface area (Å²) in [5, 5.41) is 3.72. The summed E-state index contributed by atoms with van der Waals surface area (Å²) in [6.07, 6.45) is 6.88. The number of aryl methyl sites for hydroxylation is 2. The zero-order valence-corrected chi connectivity index (χ0v) is 13.9. The normalized spacial score (nSPS) is 24.3. The summed E-state index contributed by atoms with van der Waals surface area (Å²) in [6.45, 7) is 9.29. The van der Waals surface area contributed by atoms with Gasteiger partial charge in [0.05, 0.1) is 0 Å². The molecule has 0 aromatic heterocycles. The third kappa shape index (κ3) is 3.67. The van der Waals surface area contributed by atoms with Crippen LogP contribution in [0.15, 0.2) is 18.2 Å². The fourth-order valence-electron chi connectivity index (χ4n) is 3.84. The van der Waals surface area contributed by atoms with Gasteiger partial charge < -0.3 is 5.32 Å². The van der Waals surface area contributed by atoms with Crippen LogP contribution in [0.5, 0.6) is 0 Å². The van der Waals surface area contributed by atoms with Crippen molar-refractivity contribution >= 4 is 0 Å². The monoisotopic (exact) mass is 286 g/mol. The van der Waals surface area contributed by atoms with Crippen molar-refractivity contribution in [2.45, 2.75) is 71.0 Å². The molecule has 21 heavy (non-hydrogen) atoms. The number of nitrogens with one attached hydrogen (secondary N) is 1. The van der Waals surface area contributed by atoms with Gasteiger partial charge in [0.1, 0.15) is 0 Å². The molecule has 2 aliphatic rings. The molecule has 1 aromatic rings. The van der Waals surface area contributed by atoms with Crippen LogP contribution in [0.25, 0.3) is 0 Å². The van der Waals surface area contributed by atoms with Gasteiger partial charge in [-0.2, -0.15) is 0 Å². The van der Waals surface area contributed by atoms with E-state index in [-0.39, 0.29) is 0 Å². The molecule has 0 radical (unpaired) electrons. The van der Waals surface area contributed by atoms with Crippen LogP contribution in [0.1, 0.15) is 61.8 Å². The fraction of sp³-hybridized carbons (Fsp3) is 0.684. The molecule has 1 heterocycles. The molecule has 1 saturated heterocycles. The highest BCUT2D eigenvalue weighted by Gasteiger charge is 2.34. The van der Waals surface area contributed by atoms with Crippen LogP contribution in [-0.2, 0) is 0 Å². The summed E-state index contributed by atoms with van der Waals surface area (Å²) in [6, 6.07) is 9.01. The van der Waals surface area contributed by atoms with Gasteiger partial charge in [0.15, 0.2) is 0 Å². The molecule has 2 fully saturated rings. The zero-order chi connectivity index (χ0) is 14.8. The summed E-state index contributed by atoms with van der Waals surface area (Å²) < 4.78 is 0. The molecule has 0 spiro atoms. The molecule has 1 N–H and O–H groups in total. The first-order valence-electron chi connectivity index (χ1n) is 8.71. The Morgan fingerprint density at radius 1 is 1.19 bits per heavy atom. The SMILES string of the molecule is Cc1ccc(C(C)N(CC2CCCCN2)C2CC2)c(C)c1. The number of hydrogen-bond acceptors (Lipinski definition) is 2. The summed E-state index contributed by atoms with van der Waals surface area (Å²) >= 11 is 0. The highest BCUT2D eigenvalue weighted by Crippen LogP contribution is 2.35. The molecule has 2 unspecified atom stereocenters. The molecular weight excluding hydrogens is 256 g/mol. The van der Waals surface area contributed by atoms with E-state index in [0.717, 1.165) is 6.04 Å². The Balaban J connectivity index is 1.73. The lowest BCUT2D eigenvalue weighted by molar-refractivity contribution is 0.166. The average molecular weight is 286 g/mol. The van der Waals surface area contributed by atoms with Crippen LogP contribution < -0.4 is 5.32 Å². The van der Waals surface area contributed by atoms with Gasteiger partial charge in [0.25, 0.3) is 0 Å². The lowest BCUT2D eigenvalue weighted by Gasteiger charge is -2.35. The lowest BCUT2D eigenvalue weighted by Crippen LogP contribution is -2.45. The van der Waals surface area contributed by atoms with E-state index in [1.165, 1.54) is 61.9 Å². The molecule has 0 bridgehead atoms. The summed E-state index contributed by atoms with van der Waals surface area (Å²) in [5.74, 6) is 0. The average Bonchev–Trinajstić information content (AvgIpc) is 3.30. The van der Waals surface area contributed by atoms with E-state index in [2.05, 4.69) is 49.2 Å². The number of nitrogens with zero attached hydrogens (tertiary/aromatic N) is 1. The smallest absolute Gasteiger partial charge is 0.0326 e. The molecule has 2 atom stereocenters. The molecule has 1 aliphatic heterocycles. The van der Waals surface area contributed by atoms with Gasteiger partial charge in [0, 0.05) is 24.7 Å². The van der Waals surface area contributed by atoms with Gasteiger partial charge in [-0.1, -0.05) is 30.2 Å². The Bertz CT molecular complexity index is 472. The van der Waals surface area contributed by atoms with Crippen molar-refractivity contribution in [2.24, 2.45) is 0 Å². The van der Waals surface area contributed by atoms with Gasteiger partial charge in [-0.3, -0.25) is 4.90 Å². The predicted molar refractivity (Wildman–Crippen MR) is 89.7 cm³/mol. The molecule has 1 aromatic carbocycles. The van der Waals surface area contributed by atoms with Crippen LogP contribution in [0, 0.1) is 13.8 Å². The zero-order valence-electron chi connectivity index (χ0n) is 13.9. The van der Waals surface area contributed by atoms with Crippen molar-refractivity contribution in [1.29, 1.82) is 0 Å². The van der Waals surface area contributed by atoms with E-state index in [9.17, 15) is 0 Å². The maximum absolute atomic E-state index is 3.72. The first-order valence-corrected chi connectivity index (χ1v) is 8.71. The molecule has 116 valence electrons. The third-order valence-electron chi connectivity index (χ3n) is 5.23. The maximum atomic E-state index is 3.72. The Morgan fingerprint density at radius 2 is 2.00 bits per heavy atom. The predicted octanol–water partition coefficient (Wildman–Crippen LogP) is 3.97. The van der Waals surface area contributed by atoms with E-state index in [4.69, 9.17) is 0 Å². The minimum absolute atomic E-state index is 0.543. The Hall–Kier alpha value is -0.860. The highest BCUT2D eigenvalue weighted by atomic mass is 15.2. The minimum atomic E-state index is 0.543. The molecule has 0 amide bonds. The fourth-order valence-corrected chi connectivity index (χ4v) is 3.84. The van der Waals surface area contributed by atoms with Gasteiger partial charge in [0.2, 0.25) is 0 Å². The molecule has 1 saturated carbocycles. The Morgan fingerprint density at radius 3 is 2.62 bits per heavy atom. The van der Waals surface area contributed by atoms with Crippen molar-refractivity contribution in [3.8, 4) is 0 Å². The number of piperidine rings is 1. The van der Waals surface area contributed by atoms with Crippen molar-refractivity contribution in [2.75, 3.05) is 13.1 Å². The van der Waals surface area contributed by atoms with E-state index >= 15 is 0 Å². The standard InChI is InChI=1S/C19H30N2/c1-14-7-10-19(15(2)12-14)16(3)21(18-8-9-18)13-17-6-4-5-11-20-17/h7,10,12,16-18,20H,4-6,8-9,11,13H2,1-3H3. The van der Waals surface area contributed by atoms with Crippen molar-refractivity contribution in [3.05, 3.63) is 34.9 Å². The number of benzene rings is 1. The second kappa shape index (κ2) is 6.50. The number of rotatable bonds is 5. The molecule has 2 heteroatoms. The Kier molecular flexibility index (Phi) is 4.66. The quantitative estimate of drug-likeness (QED) is 0.881. The first-order chi connectivity index (χ1) is 10.1. The molecular formula is C19H30N2. The van der Waals surface area contributed by atoms with Crippen LogP contribution in [-0.4, -0.2) is 30.1 Å². The van der Waals surface area contributed by atoms with Crippen molar-refractivity contribution in [3.63, 3.8) is 0 Å². The van der Waals surface area contributed by atoms with Gasteiger partial charge in [-0.25, -0.2) is 0 Å². The molecule has 2 nitrogen and oxygen atoms in total. The van der Waals surface area contributed by atoms with Gasteiger partial charge >= 0.3 is 0 Å². The van der Waals surface area contributed by atoms with Crippen LogP contribution >= 0.6 is 0 Å². The Labute approximate surface area is 129 Å².